The maximum absolute atomic E-state index is 6.24. The average Bonchev–Trinajstić information content (AvgIpc) is 2.84. The number of hydrogen-bond acceptors (Lipinski definition) is 2. The van der Waals surface area contributed by atoms with Crippen molar-refractivity contribution in [2.45, 2.75) is 71.0 Å². The van der Waals surface area contributed by atoms with Gasteiger partial charge in [-0.25, -0.2) is 0 Å². The molecule has 1 aromatic heterocycles. The lowest BCUT2D eigenvalue weighted by atomic mass is 9.67. The van der Waals surface area contributed by atoms with Crippen LogP contribution in [0.4, 0.5) is 0 Å². The van der Waals surface area contributed by atoms with Crippen LogP contribution in [0.15, 0.2) is 12.3 Å². The third-order valence-corrected chi connectivity index (χ3v) is 5.40. The lowest BCUT2D eigenvalue weighted by Gasteiger charge is -2.49. The first-order chi connectivity index (χ1) is 8.98. The number of halogens is 1. The highest BCUT2D eigenvalue weighted by Crippen LogP contribution is 2.44. The molecule has 1 fully saturated rings. The molecule has 1 aliphatic carbocycles. The third kappa shape index (κ3) is 2.97. The van der Waals surface area contributed by atoms with Gasteiger partial charge in [0.2, 0.25) is 0 Å². The summed E-state index contributed by atoms with van der Waals surface area (Å²) in [7, 11) is 0. The predicted octanol–water partition coefficient (Wildman–Crippen LogP) is 3.74. The number of nitrogens with one attached hydrogen (secondary N) is 1. The van der Waals surface area contributed by atoms with Gasteiger partial charge >= 0.3 is 0 Å². The zero-order valence-electron chi connectivity index (χ0n) is 12.5. The van der Waals surface area contributed by atoms with Crippen LogP contribution in [0.1, 0.15) is 58.7 Å². The van der Waals surface area contributed by atoms with Gasteiger partial charge in [-0.15, -0.1) is 11.6 Å². The van der Waals surface area contributed by atoms with Gasteiger partial charge in [0, 0.05) is 24.2 Å². The van der Waals surface area contributed by atoms with Crippen LogP contribution in [-0.2, 0) is 6.54 Å². The molecular formula is C15H26ClN3. The molecule has 0 amide bonds. The smallest absolute Gasteiger partial charge is 0.0762 e. The van der Waals surface area contributed by atoms with E-state index in [4.69, 9.17) is 11.6 Å². The van der Waals surface area contributed by atoms with Crippen LogP contribution in [0.25, 0.3) is 0 Å². The monoisotopic (exact) mass is 283 g/mol. The number of nitrogens with zero attached hydrogens (tertiary/aromatic N) is 2. The standard InChI is InChI=1S/C15H26ClN3/c1-5-12(6-2)19-8-7-11(18-19)10-17-14-9-13(16)15(14,3)4/h7-8,12-14,17H,5-6,9-10H2,1-4H3. The minimum Gasteiger partial charge on any atom is -0.308 e. The van der Waals surface area contributed by atoms with Crippen molar-refractivity contribution in [2.75, 3.05) is 0 Å². The normalized spacial score (nSPS) is 25.6. The highest BCUT2D eigenvalue weighted by atomic mass is 35.5. The van der Waals surface area contributed by atoms with Gasteiger partial charge in [-0.3, -0.25) is 4.68 Å². The van der Waals surface area contributed by atoms with E-state index in [2.05, 4.69) is 55.1 Å². The van der Waals surface area contributed by atoms with E-state index in [0.29, 0.717) is 17.5 Å². The third-order valence-electron chi connectivity index (χ3n) is 4.66. The first-order valence-corrected chi connectivity index (χ1v) is 7.84. The maximum atomic E-state index is 6.24. The Labute approximate surface area is 121 Å². The molecule has 0 saturated heterocycles. The molecule has 2 atom stereocenters. The predicted molar refractivity (Wildman–Crippen MR) is 80.5 cm³/mol. The van der Waals surface area contributed by atoms with E-state index in [-0.39, 0.29) is 5.41 Å². The summed E-state index contributed by atoms with van der Waals surface area (Å²) in [5.74, 6) is 0. The zero-order valence-corrected chi connectivity index (χ0v) is 13.2. The van der Waals surface area contributed by atoms with Crippen molar-refractivity contribution >= 4 is 11.6 Å². The quantitative estimate of drug-likeness (QED) is 0.806. The van der Waals surface area contributed by atoms with E-state index in [9.17, 15) is 0 Å². The fourth-order valence-corrected chi connectivity index (χ4v) is 3.11. The molecule has 0 aromatic carbocycles. The first kappa shape index (κ1) is 14.9. The van der Waals surface area contributed by atoms with Gasteiger partial charge in [0.05, 0.1) is 11.7 Å². The molecule has 0 radical (unpaired) electrons. The van der Waals surface area contributed by atoms with Crippen LogP contribution in [0.5, 0.6) is 0 Å². The highest BCUT2D eigenvalue weighted by Gasteiger charge is 2.46. The van der Waals surface area contributed by atoms with Crippen LogP contribution in [0, 0.1) is 5.41 Å². The Hall–Kier alpha value is -0.540. The second-order valence-corrected chi connectivity index (χ2v) is 6.74. The highest BCUT2D eigenvalue weighted by molar-refractivity contribution is 6.21. The van der Waals surface area contributed by atoms with Crippen molar-refractivity contribution in [3.05, 3.63) is 18.0 Å². The maximum Gasteiger partial charge on any atom is 0.0762 e. The fraction of sp³-hybridized carbons (Fsp3) is 0.800. The van der Waals surface area contributed by atoms with Crippen molar-refractivity contribution in [3.8, 4) is 0 Å². The molecule has 4 heteroatoms. The number of hydrogen-bond donors (Lipinski definition) is 1. The lowest BCUT2D eigenvalue weighted by molar-refractivity contribution is 0.115. The Bertz CT molecular complexity index is 409. The van der Waals surface area contributed by atoms with Crippen LogP contribution in [0.3, 0.4) is 0 Å². The number of alkyl halides is 1. The van der Waals surface area contributed by atoms with Crippen LogP contribution in [0.2, 0.25) is 0 Å². The largest absolute Gasteiger partial charge is 0.308 e. The second-order valence-electron chi connectivity index (χ2n) is 6.22. The molecule has 19 heavy (non-hydrogen) atoms. The van der Waals surface area contributed by atoms with E-state index in [1.165, 1.54) is 0 Å². The zero-order chi connectivity index (χ0) is 14.0. The van der Waals surface area contributed by atoms with Gasteiger partial charge in [-0.1, -0.05) is 27.7 Å². The van der Waals surface area contributed by atoms with Crippen LogP contribution in [-0.4, -0.2) is 21.2 Å². The Balaban J connectivity index is 1.87. The molecule has 1 heterocycles. The van der Waals surface area contributed by atoms with Gasteiger partial charge in [-0.05, 0) is 30.7 Å². The van der Waals surface area contributed by atoms with E-state index in [1.54, 1.807) is 0 Å². The summed E-state index contributed by atoms with van der Waals surface area (Å²) in [6.07, 6.45) is 5.43. The van der Waals surface area contributed by atoms with Crippen molar-refractivity contribution in [1.29, 1.82) is 0 Å². The molecule has 1 aromatic rings. The van der Waals surface area contributed by atoms with Gasteiger partial charge in [0.25, 0.3) is 0 Å². The summed E-state index contributed by atoms with van der Waals surface area (Å²) in [6, 6.07) is 3.16. The topological polar surface area (TPSA) is 29.9 Å². The molecule has 3 nitrogen and oxygen atoms in total. The van der Waals surface area contributed by atoms with Crippen molar-refractivity contribution in [3.63, 3.8) is 0 Å². The van der Waals surface area contributed by atoms with Gasteiger partial charge in [-0.2, -0.15) is 5.10 Å². The minimum atomic E-state index is 0.194. The molecular weight excluding hydrogens is 258 g/mol. The first-order valence-electron chi connectivity index (χ1n) is 7.40. The van der Waals surface area contributed by atoms with E-state index >= 15 is 0 Å². The molecule has 108 valence electrons. The second kappa shape index (κ2) is 5.84. The molecule has 0 aliphatic heterocycles. The molecule has 1 aliphatic rings. The van der Waals surface area contributed by atoms with Gasteiger partial charge in [0.1, 0.15) is 0 Å². The minimum absolute atomic E-state index is 0.194. The lowest BCUT2D eigenvalue weighted by Crippen LogP contribution is -2.57. The van der Waals surface area contributed by atoms with E-state index < -0.39 is 0 Å². The molecule has 0 spiro atoms. The Morgan fingerprint density at radius 2 is 2.16 bits per heavy atom. The van der Waals surface area contributed by atoms with Crippen LogP contribution < -0.4 is 5.32 Å². The Morgan fingerprint density at radius 1 is 1.47 bits per heavy atom. The fourth-order valence-electron chi connectivity index (χ4n) is 2.78. The van der Waals surface area contributed by atoms with Crippen molar-refractivity contribution < 1.29 is 0 Å². The molecule has 1 N–H and O–H groups in total. The van der Waals surface area contributed by atoms with Crippen molar-refractivity contribution in [1.82, 2.24) is 15.1 Å². The summed E-state index contributed by atoms with van der Waals surface area (Å²) in [5.41, 5.74) is 1.32. The molecule has 1 saturated carbocycles. The molecule has 0 bridgehead atoms. The van der Waals surface area contributed by atoms with E-state index in [0.717, 1.165) is 31.5 Å². The summed E-state index contributed by atoms with van der Waals surface area (Å²) < 4.78 is 2.10. The average molecular weight is 284 g/mol. The van der Waals surface area contributed by atoms with Crippen molar-refractivity contribution in [2.24, 2.45) is 5.41 Å². The number of rotatable bonds is 6. The Kier molecular flexibility index (Phi) is 4.57. The number of aromatic nitrogens is 2. The summed E-state index contributed by atoms with van der Waals surface area (Å²) in [5, 5.41) is 8.55. The molecule has 2 rings (SSSR count). The van der Waals surface area contributed by atoms with Crippen LogP contribution >= 0.6 is 11.6 Å². The Morgan fingerprint density at radius 3 is 2.68 bits per heavy atom. The SMILES string of the molecule is CCC(CC)n1ccc(CNC2CC(Cl)C2(C)C)n1. The van der Waals surface area contributed by atoms with E-state index in [1.807, 2.05) is 0 Å². The van der Waals surface area contributed by atoms with Gasteiger partial charge in [0.15, 0.2) is 0 Å². The summed E-state index contributed by atoms with van der Waals surface area (Å²) in [4.78, 5) is 0. The summed E-state index contributed by atoms with van der Waals surface area (Å²) in [6.45, 7) is 9.73. The summed E-state index contributed by atoms with van der Waals surface area (Å²) >= 11 is 6.24. The molecule has 2 unspecified atom stereocenters. The van der Waals surface area contributed by atoms with Gasteiger partial charge < -0.3 is 5.32 Å².